The van der Waals surface area contributed by atoms with Crippen LogP contribution in [0, 0.1) is 11.8 Å². The number of carbonyl (C=O) groups excluding carboxylic acids is 2. The van der Waals surface area contributed by atoms with Crippen LogP contribution in [0.25, 0.3) is 10.8 Å². The Labute approximate surface area is 204 Å². The Balaban J connectivity index is 2.24. The molecule has 9 heteroatoms. The fraction of sp³-hybridized carbons (Fsp3) is 0.308. The Hall–Kier alpha value is -3.59. The molecule has 0 radical (unpaired) electrons. The first-order valence-electron chi connectivity index (χ1n) is 11.1. The van der Waals surface area contributed by atoms with Gasteiger partial charge in [-0.25, -0.2) is 18.0 Å². The molecule has 0 aliphatic rings. The lowest BCUT2D eigenvalue weighted by Gasteiger charge is -2.17. The van der Waals surface area contributed by atoms with Gasteiger partial charge in [-0.05, 0) is 40.8 Å². The van der Waals surface area contributed by atoms with E-state index in [2.05, 4.69) is 0 Å². The fourth-order valence-electron chi connectivity index (χ4n) is 3.34. The van der Waals surface area contributed by atoms with Crippen molar-refractivity contribution in [2.24, 2.45) is 11.8 Å². The van der Waals surface area contributed by atoms with Crippen LogP contribution in [0.3, 0.4) is 0 Å². The average molecular weight is 501 g/mol. The van der Waals surface area contributed by atoms with Gasteiger partial charge in [-0.2, -0.15) is 0 Å². The molecule has 2 N–H and O–H groups in total. The van der Waals surface area contributed by atoms with Crippen LogP contribution >= 0.6 is 0 Å². The Kier molecular flexibility index (Phi) is 7.70. The molecule has 3 aromatic rings. The number of phenolic OH excluding ortho intramolecular Hbond substituents is 2. The van der Waals surface area contributed by atoms with E-state index in [1.165, 1.54) is 12.1 Å². The Morgan fingerprint density at radius 3 is 2.00 bits per heavy atom. The normalized spacial score (nSPS) is 11.7. The van der Waals surface area contributed by atoms with E-state index in [0.717, 1.165) is 11.5 Å². The molecule has 0 heterocycles. The summed E-state index contributed by atoms with van der Waals surface area (Å²) in [6, 6.07) is 12.1. The summed E-state index contributed by atoms with van der Waals surface area (Å²) in [5.41, 5.74) is -1.33. The molecule has 8 nitrogen and oxygen atoms in total. The maximum Gasteiger partial charge on any atom is 0.343 e. The van der Waals surface area contributed by atoms with E-state index in [1.54, 1.807) is 58.0 Å². The monoisotopic (exact) mass is 500 g/mol. The number of sulfone groups is 1. The number of benzene rings is 3. The third-order valence-electron chi connectivity index (χ3n) is 5.05. The second-order valence-corrected chi connectivity index (χ2v) is 10.9. The summed E-state index contributed by atoms with van der Waals surface area (Å²) in [4.78, 5) is 24.3. The lowest BCUT2D eigenvalue weighted by atomic mass is 10.1. The quantitative estimate of drug-likeness (QED) is 0.336. The van der Waals surface area contributed by atoms with Crippen LogP contribution in [-0.4, -0.2) is 43.8 Å². The summed E-state index contributed by atoms with van der Waals surface area (Å²) >= 11 is 0. The first-order valence-corrected chi connectivity index (χ1v) is 12.6. The van der Waals surface area contributed by atoms with Gasteiger partial charge in [0.05, 0.1) is 18.1 Å². The van der Waals surface area contributed by atoms with Gasteiger partial charge < -0.3 is 19.7 Å². The van der Waals surface area contributed by atoms with Gasteiger partial charge in [0.2, 0.25) is 9.84 Å². The van der Waals surface area contributed by atoms with Gasteiger partial charge in [-0.3, -0.25) is 0 Å². The number of hydrogen-bond donors (Lipinski definition) is 2. The summed E-state index contributed by atoms with van der Waals surface area (Å²) < 4.78 is 37.7. The average Bonchev–Trinajstić information content (AvgIpc) is 2.81. The van der Waals surface area contributed by atoms with Crippen LogP contribution in [0.5, 0.6) is 11.5 Å². The van der Waals surface area contributed by atoms with Crippen molar-refractivity contribution in [2.75, 3.05) is 13.2 Å². The number of rotatable bonds is 8. The number of aromatic hydroxyl groups is 2. The molecule has 186 valence electrons. The summed E-state index contributed by atoms with van der Waals surface area (Å²) in [5, 5.41) is 23.0. The van der Waals surface area contributed by atoms with E-state index >= 15 is 0 Å². The lowest BCUT2D eigenvalue weighted by Crippen LogP contribution is -2.18. The second-order valence-electron chi connectivity index (χ2n) is 8.99. The zero-order valence-electron chi connectivity index (χ0n) is 19.9. The maximum atomic E-state index is 13.7. The molecule has 3 aromatic carbocycles. The molecular formula is C26H28O8S. The molecule has 35 heavy (non-hydrogen) atoms. The maximum absolute atomic E-state index is 13.7. The molecule has 0 bridgehead atoms. The zero-order chi connectivity index (χ0) is 25.9. The summed E-state index contributed by atoms with van der Waals surface area (Å²) in [7, 11) is -4.60. The third kappa shape index (κ3) is 5.57. The molecule has 0 atom stereocenters. The van der Waals surface area contributed by atoms with Gasteiger partial charge in [0.15, 0.2) is 0 Å². The standard InChI is InChI=1S/C26H28O8S/c1-15(2)13-33-25(29)20-12-21(27)22(26(30)34-14-16(3)4)24(23(20)28)35(31,32)19-10-9-17-7-5-6-8-18(17)11-19/h5-12,15-16,27-28H,13-14H2,1-4H3. The SMILES string of the molecule is CC(C)COC(=O)c1cc(O)c(C(=O)OCC(C)C)c(S(=O)(=O)c2ccc3ccccc3c2)c1O. The van der Waals surface area contributed by atoms with Crippen LogP contribution in [0.15, 0.2) is 58.3 Å². The minimum absolute atomic E-state index is 0.00394. The topological polar surface area (TPSA) is 127 Å². The lowest BCUT2D eigenvalue weighted by molar-refractivity contribution is 0.0434. The van der Waals surface area contributed by atoms with Crippen LogP contribution in [0.4, 0.5) is 0 Å². The third-order valence-corrected chi connectivity index (χ3v) is 6.86. The molecule has 3 rings (SSSR count). The number of fused-ring (bicyclic) bond motifs is 1. The number of phenols is 2. The van der Waals surface area contributed by atoms with Gasteiger partial charge in [-0.15, -0.1) is 0 Å². The molecule has 0 spiro atoms. The van der Waals surface area contributed by atoms with Gasteiger partial charge in [0, 0.05) is 0 Å². The molecule has 0 amide bonds. The highest BCUT2D eigenvalue weighted by Gasteiger charge is 2.35. The fourth-order valence-corrected chi connectivity index (χ4v) is 4.92. The van der Waals surface area contributed by atoms with Crippen LogP contribution in [0.2, 0.25) is 0 Å². The van der Waals surface area contributed by atoms with Crippen molar-refractivity contribution in [1.82, 2.24) is 0 Å². The van der Waals surface area contributed by atoms with Gasteiger partial charge in [-0.1, -0.05) is 58.0 Å². The minimum atomic E-state index is -4.60. The first kappa shape index (κ1) is 26.0. The molecule has 0 aliphatic carbocycles. The summed E-state index contributed by atoms with van der Waals surface area (Å²) in [6.45, 7) is 7.12. The van der Waals surface area contributed by atoms with Crippen molar-refractivity contribution >= 4 is 32.5 Å². The van der Waals surface area contributed by atoms with Crippen molar-refractivity contribution in [1.29, 1.82) is 0 Å². The number of ether oxygens (including phenoxy) is 2. The predicted octanol–water partition coefficient (Wildman–Crippen LogP) is 4.71. The van der Waals surface area contributed by atoms with Crippen molar-refractivity contribution < 1.29 is 37.7 Å². The number of hydrogen-bond acceptors (Lipinski definition) is 8. The largest absolute Gasteiger partial charge is 0.507 e. The second kappa shape index (κ2) is 10.4. The van der Waals surface area contributed by atoms with Gasteiger partial charge in [0.25, 0.3) is 0 Å². The Morgan fingerprint density at radius 1 is 0.829 bits per heavy atom. The zero-order valence-corrected chi connectivity index (χ0v) is 20.8. The highest BCUT2D eigenvalue weighted by molar-refractivity contribution is 7.91. The van der Waals surface area contributed by atoms with Crippen molar-refractivity contribution in [3.05, 3.63) is 59.7 Å². The van der Waals surface area contributed by atoms with Crippen molar-refractivity contribution in [3.63, 3.8) is 0 Å². The molecular weight excluding hydrogens is 472 g/mol. The number of esters is 2. The van der Waals surface area contributed by atoms with E-state index in [9.17, 15) is 28.2 Å². The minimum Gasteiger partial charge on any atom is -0.507 e. The first-order chi connectivity index (χ1) is 16.4. The van der Waals surface area contributed by atoms with E-state index in [0.29, 0.717) is 5.39 Å². The van der Waals surface area contributed by atoms with Crippen molar-refractivity contribution in [2.45, 2.75) is 37.5 Å². The number of carbonyl (C=O) groups is 2. The van der Waals surface area contributed by atoms with E-state index in [-0.39, 0.29) is 29.9 Å². The van der Waals surface area contributed by atoms with Gasteiger partial charge >= 0.3 is 11.9 Å². The van der Waals surface area contributed by atoms with Crippen LogP contribution in [-0.2, 0) is 19.3 Å². The molecule has 0 aromatic heterocycles. The van der Waals surface area contributed by atoms with E-state index in [1.807, 2.05) is 0 Å². The molecule has 0 fully saturated rings. The summed E-state index contributed by atoms with van der Waals surface area (Å²) in [6.07, 6.45) is 0. The predicted molar refractivity (Wildman–Crippen MR) is 129 cm³/mol. The smallest absolute Gasteiger partial charge is 0.343 e. The summed E-state index contributed by atoms with van der Waals surface area (Å²) in [5.74, 6) is -4.11. The molecule has 0 saturated heterocycles. The molecule has 0 aliphatic heterocycles. The van der Waals surface area contributed by atoms with Crippen LogP contribution in [0.1, 0.15) is 48.4 Å². The van der Waals surface area contributed by atoms with E-state index in [4.69, 9.17) is 9.47 Å². The molecule has 0 unspecified atom stereocenters. The van der Waals surface area contributed by atoms with Gasteiger partial charge in [0.1, 0.15) is 27.5 Å². The highest BCUT2D eigenvalue weighted by Crippen LogP contribution is 2.40. The van der Waals surface area contributed by atoms with Crippen LogP contribution < -0.4 is 0 Å². The highest BCUT2D eigenvalue weighted by atomic mass is 32.2. The Morgan fingerprint density at radius 2 is 1.40 bits per heavy atom. The Bertz CT molecular complexity index is 1370. The van der Waals surface area contributed by atoms with Crippen molar-refractivity contribution in [3.8, 4) is 11.5 Å². The molecule has 0 saturated carbocycles. The van der Waals surface area contributed by atoms with E-state index < -0.39 is 49.3 Å².